The lowest BCUT2D eigenvalue weighted by atomic mass is 10.2. The van der Waals surface area contributed by atoms with Crippen molar-refractivity contribution >= 4 is 45.9 Å². The van der Waals surface area contributed by atoms with Gasteiger partial charge in [0.15, 0.2) is 15.8 Å². The van der Waals surface area contributed by atoms with Crippen molar-refractivity contribution in [1.82, 2.24) is 20.4 Å². The Labute approximate surface area is 185 Å². The highest BCUT2D eigenvalue weighted by Crippen LogP contribution is 2.12. The first-order chi connectivity index (χ1) is 12.6. The van der Waals surface area contributed by atoms with Crippen molar-refractivity contribution in [3.8, 4) is 0 Å². The molecule has 2 aliphatic heterocycles. The van der Waals surface area contributed by atoms with Crippen LogP contribution in [0.25, 0.3) is 0 Å². The maximum atomic E-state index is 12.1. The molecule has 1 atom stereocenters. The standard InChI is InChI=1S/C17H33N5O4S.HI/c1-17(2,3)26-16(23)22-10-8-21(9-11-22)7-6-19-15(18-4)20-14-5-12-27(24,25)13-14;/h14H,5-13H2,1-4H3,(H2,18,19,20);1H. The van der Waals surface area contributed by atoms with Gasteiger partial charge >= 0.3 is 6.09 Å². The van der Waals surface area contributed by atoms with E-state index in [1.807, 2.05) is 20.8 Å². The highest BCUT2D eigenvalue weighted by atomic mass is 127. The second kappa shape index (κ2) is 10.8. The highest BCUT2D eigenvalue weighted by molar-refractivity contribution is 14.0. The minimum absolute atomic E-state index is 0. The summed E-state index contributed by atoms with van der Waals surface area (Å²) in [6.45, 7) is 10.0. The van der Waals surface area contributed by atoms with Gasteiger partial charge in [0.25, 0.3) is 0 Å². The third-order valence-corrected chi connectivity index (χ3v) is 6.31. The van der Waals surface area contributed by atoms with Crippen LogP contribution in [-0.2, 0) is 14.6 Å². The Morgan fingerprint density at radius 2 is 1.86 bits per heavy atom. The molecule has 0 radical (unpaired) electrons. The topological polar surface area (TPSA) is 103 Å². The summed E-state index contributed by atoms with van der Waals surface area (Å²) in [7, 11) is -1.23. The van der Waals surface area contributed by atoms with Crippen LogP contribution in [0.4, 0.5) is 4.79 Å². The van der Waals surface area contributed by atoms with E-state index in [0.717, 1.165) is 19.6 Å². The van der Waals surface area contributed by atoms with E-state index in [2.05, 4.69) is 20.5 Å². The molecule has 0 aromatic rings. The smallest absolute Gasteiger partial charge is 0.410 e. The molecule has 2 N–H and O–H groups in total. The van der Waals surface area contributed by atoms with Crippen molar-refractivity contribution in [2.75, 3.05) is 57.8 Å². The van der Waals surface area contributed by atoms with Gasteiger partial charge in [0.05, 0.1) is 11.5 Å². The quantitative estimate of drug-likeness (QED) is 0.310. The first kappa shape index (κ1) is 25.2. The molecule has 2 aliphatic rings. The van der Waals surface area contributed by atoms with Crippen LogP contribution in [-0.4, -0.2) is 99.7 Å². The van der Waals surface area contributed by atoms with Crippen molar-refractivity contribution < 1.29 is 17.9 Å². The van der Waals surface area contributed by atoms with Gasteiger partial charge in [0, 0.05) is 52.4 Å². The molecular formula is C17H34IN5O4S. The average molecular weight is 531 g/mol. The minimum atomic E-state index is -2.91. The summed E-state index contributed by atoms with van der Waals surface area (Å²) < 4.78 is 28.5. The fourth-order valence-corrected chi connectivity index (χ4v) is 4.78. The van der Waals surface area contributed by atoms with E-state index >= 15 is 0 Å². The van der Waals surface area contributed by atoms with E-state index in [4.69, 9.17) is 4.74 Å². The van der Waals surface area contributed by atoms with Crippen LogP contribution in [0, 0.1) is 0 Å². The number of rotatable bonds is 4. The zero-order chi connectivity index (χ0) is 20.1. The summed E-state index contributed by atoms with van der Waals surface area (Å²) in [6.07, 6.45) is 0.367. The molecule has 1 unspecified atom stereocenters. The van der Waals surface area contributed by atoms with Crippen molar-refractivity contribution in [3.63, 3.8) is 0 Å². The Bertz CT molecular complexity index is 642. The van der Waals surface area contributed by atoms with Crippen LogP contribution >= 0.6 is 24.0 Å². The number of guanidine groups is 1. The van der Waals surface area contributed by atoms with Crippen molar-refractivity contribution in [3.05, 3.63) is 0 Å². The predicted molar refractivity (Wildman–Crippen MR) is 121 cm³/mol. The number of halogens is 1. The summed E-state index contributed by atoms with van der Waals surface area (Å²) >= 11 is 0. The number of carbonyl (C=O) groups excluding carboxylic acids is 1. The fourth-order valence-electron chi connectivity index (χ4n) is 3.11. The molecule has 0 aliphatic carbocycles. The third-order valence-electron chi connectivity index (χ3n) is 4.54. The molecule has 164 valence electrons. The zero-order valence-corrected chi connectivity index (χ0v) is 20.4. The summed E-state index contributed by atoms with van der Waals surface area (Å²) in [5.41, 5.74) is -0.473. The molecule has 2 fully saturated rings. The van der Waals surface area contributed by atoms with E-state index < -0.39 is 15.4 Å². The number of carbonyl (C=O) groups is 1. The van der Waals surface area contributed by atoms with E-state index in [-0.39, 0.29) is 47.6 Å². The fraction of sp³-hybridized carbons (Fsp3) is 0.882. The number of ether oxygens (including phenoxy) is 1. The van der Waals surface area contributed by atoms with Gasteiger partial charge in [0.2, 0.25) is 0 Å². The Morgan fingerprint density at radius 1 is 1.21 bits per heavy atom. The average Bonchev–Trinajstić information content (AvgIpc) is 2.91. The monoisotopic (exact) mass is 531 g/mol. The highest BCUT2D eigenvalue weighted by Gasteiger charge is 2.28. The molecular weight excluding hydrogens is 497 g/mol. The second-order valence-corrected chi connectivity index (χ2v) is 10.3. The van der Waals surface area contributed by atoms with E-state index in [0.29, 0.717) is 32.0 Å². The van der Waals surface area contributed by atoms with E-state index in [1.165, 1.54) is 0 Å². The number of piperazine rings is 1. The van der Waals surface area contributed by atoms with Crippen LogP contribution in [0.5, 0.6) is 0 Å². The Hall–Kier alpha value is -0.820. The molecule has 2 rings (SSSR count). The SMILES string of the molecule is CN=C(NCCN1CCN(C(=O)OC(C)(C)C)CC1)NC1CCS(=O)(=O)C1.I. The maximum Gasteiger partial charge on any atom is 0.410 e. The zero-order valence-electron chi connectivity index (χ0n) is 17.2. The molecule has 2 saturated heterocycles. The Balaban J connectivity index is 0.00000392. The largest absolute Gasteiger partial charge is 0.444 e. The first-order valence-corrected chi connectivity index (χ1v) is 11.3. The predicted octanol–water partition coefficient (Wildman–Crippen LogP) is 0.509. The third kappa shape index (κ3) is 8.68. The van der Waals surface area contributed by atoms with Crippen LogP contribution in [0.15, 0.2) is 4.99 Å². The lowest BCUT2D eigenvalue weighted by Gasteiger charge is -2.35. The van der Waals surface area contributed by atoms with Gasteiger partial charge in [-0.05, 0) is 27.2 Å². The molecule has 1 amide bonds. The summed E-state index contributed by atoms with van der Waals surface area (Å²) in [5, 5.41) is 6.41. The van der Waals surface area contributed by atoms with Gasteiger partial charge in [-0.15, -0.1) is 24.0 Å². The maximum absolute atomic E-state index is 12.1. The summed E-state index contributed by atoms with van der Waals surface area (Å²) in [6, 6.07) is -0.0708. The molecule has 9 nitrogen and oxygen atoms in total. The van der Waals surface area contributed by atoms with E-state index in [1.54, 1.807) is 11.9 Å². The molecule has 11 heteroatoms. The van der Waals surface area contributed by atoms with Crippen molar-refractivity contribution in [1.29, 1.82) is 0 Å². The van der Waals surface area contributed by atoms with Gasteiger partial charge < -0.3 is 20.3 Å². The van der Waals surface area contributed by atoms with Gasteiger partial charge in [-0.3, -0.25) is 9.89 Å². The molecule has 0 bridgehead atoms. The van der Waals surface area contributed by atoms with Crippen LogP contribution in [0.2, 0.25) is 0 Å². The molecule has 0 saturated carbocycles. The molecule has 0 aromatic heterocycles. The van der Waals surface area contributed by atoms with Crippen LogP contribution in [0.1, 0.15) is 27.2 Å². The number of amides is 1. The molecule has 0 aromatic carbocycles. The summed E-state index contributed by atoms with van der Waals surface area (Å²) in [5.74, 6) is 1.04. The molecule has 28 heavy (non-hydrogen) atoms. The minimum Gasteiger partial charge on any atom is -0.444 e. The van der Waals surface area contributed by atoms with Crippen LogP contribution < -0.4 is 10.6 Å². The number of nitrogens with one attached hydrogen (secondary N) is 2. The molecule has 2 heterocycles. The lowest BCUT2D eigenvalue weighted by molar-refractivity contribution is 0.0147. The van der Waals surface area contributed by atoms with Crippen molar-refractivity contribution in [2.24, 2.45) is 4.99 Å². The number of hydrogen-bond donors (Lipinski definition) is 2. The molecule has 0 spiro atoms. The number of aliphatic imine (C=N–C) groups is 1. The second-order valence-electron chi connectivity index (χ2n) is 8.05. The van der Waals surface area contributed by atoms with Gasteiger partial charge in [-0.25, -0.2) is 13.2 Å². The summed E-state index contributed by atoms with van der Waals surface area (Å²) in [4.78, 5) is 20.3. The van der Waals surface area contributed by atoms with Gasteiger partial charge in [-0.2, -0.15) is 0 Å². The number of hydrogen-bond acceptors (Lipinski definition) is 6. The normalized spacial score (nSPS) is 23.1. The van der Waals surface area contributed by atoms with Crippen LogP contribution in [0.3, 0.4) is 0 Å². The van der Waals surface area contributed by atoms with Gasteiger partial charge in [-0.1, -0.05) is 0 Å². The van der Waals surface area contributed by atoms with Crippen molar-refractivity contribution in [2.45, 2.75) is 38.8 Å². The number of nitrogens with zero attached hydrogens (tertiary/aromatic N) is 3. The number of sulfone groups is 1. The Kier molecular flexibility index (Phi) is 9.74. The van der Waals surface area contributed by atoms with E-state index in [9.17, 15) is 13.2 Å². The lowest BCUT2D eigenvalue weighted by Crippen LogP contribution is -2.52. The Morgan fingerprint density at radius 3 is 2.36 bits per heavy atom. The first-order valence-electron chi connectivity index (χ1n) is 9.46. The van der Waals surface area contributed by atoms with Gasteiger partial charge in [0.1, 0.15) is 5.60 Å².